The van der Waals surface area contributed by atoms with Crippen LogP contribution in [0, 0.1) is 0 Å². The molecule has 1 aliphatic rings. The minimum Gasteiger partial charge on any atom is -0.495 e. The minimum atomic E-state index is -0.906. The van der Waals surface area contributed by atoms with Crippen molar-refractivity contribution < 1.29 is 37.6 Å². The number of rotatable bonds is 10. The maximum absolute atomic E-state index is 13.1. The van der Waals surface area contributed by atoms with Gasteiger partial charge in [-0.1, -0.05) is 25.3 Å². The van der Waals surface area contributed by atoms with Crippen molar-refractivity contribution in [1.82, 2.24) is 4.90 Å². The van der Waals surface area contributed by atoms with E-state index in [1.54, 1.807) is 0 Å². The number of hydrogen-bond donors (Lipinski definition) is 1. The molecular weight excluding hydrogens is 452 g/mol. The van der Waals surface area contributed by atoms with Crippen LogP contribution in [0.4, 0.5) is 10.5 Å². The lowest BCUT2D eigenvalue weighted by molar-refractivity contribution is -0.130. The third-order valence-corrected chi connectivity index (χ3v) is 5.40. The Morgan fingerprint density at radius 1 is 1.18 bits per heavy atom. The molecule has 1 aliphatic heterocycles. The van der Waals surface area contributed by atoms with E-state index in [-0.39, 0.29) is 42.7 Å². The minimum absolute atomic E-state index is 0.0197. The van der Waals surface area contributed by atoms with E-state index in [4.69, 9.17) is 18.4 Å². The van der Waals surface area contributed by atoms with E-state index in [9.17, 15) is 19.2 Å². The summed E-state index contributed by atoms with van der Waals surface area (Å²) < 4.78 is 20.4. The average Bonchev–Trinajstić information content (AvgIpc) is 3.24. The Bertz CT molecular complexity index is 920. The Morgan fingerprint density at radius 2 is 1.88 bits per heavy atom. The van der Waals surface area contributed by atoms with Crippen LogP contribution in [0.2, 0.25) is 0 Å². The molecule has 0 aromatic heterocycles. The van der Waals surface area contributed by atoms with Crippen LogP contribution in [-0.4, -0.2) is 67.0 Å². The third-order valence-electron chi connectivity index (χ3n) is 4.45. The second-order valence-corrected chi connectivity index (χ2v) is 7.88. The van der Waals surface area contributed by atoms with E-state index in [1.165, 1.54) is 49.3 Å². The Hall–Kier alpha value is -3.47. The second kappa shape index (κ2) is 12.5. The van der Waals surface area contributed by atoms with Crippen LogP contribution in [0.1, 0.15) is 23.7 Å². The number of esters is 1. The fourth-order valence-corrected chi connectivity index (χ4v) is 3.79. The first-order chi connectivity index (χ1) is 15.8. The van der Waals surface area contributed by atoms with Gasteiger partial charge in [0.05, 0.1) is 35.7 Å². The number of likely N-dealkylation sites (tertiary alicyclic amines) is 1. The molecule has 2 rings (SSSR count). The van der Waals surface area contributed by atoms with Crippen LogP contribution in [0.3, 0.4) is 0 Å². The summed E-state index contributed by atoms with van der Waals surface area (Å²) in [6.07, 6.45) is 2.37. The van der Waals surface area contributed by atoms with E-state index in [1.807, 2.05) is 0 Å². The summed E-state index contributed by atoms with van der Waals surface area (Å²) in [5.41, 5.74) is 0.427. The molecule has 33 heavy (non-hydrogen) atoms. The molecule has 0 bridgehead atoms. The van der Waals surface area contributed by atoms with Crippen molar-refractivity contribution in [3.05, 3.63) is 49.1 Å². The van der Waals surface area contributed by atoms with Gasteiger partial charge < -0.3 is 23.7 Å². The number of ether oxygens (including phenoxy) is 3. The van der Waals surface area contributed by atoms with Gasteiger partial charge in [0.15, 0.2) is 0 Å². The third kappa shape index (κ3) is 7.28. The summed E-state index contributed by atoms with van der Waals surface area (Å²) in [6.45, 7) is 8.41. The first-order valence-electron chi connectivity index (χ1n) is 9.95. The van der Waals surface area contributed by atoms with Crippen molar-refractivity contribution in [3.8, 4) is 5.75 Å². The summed E-state index contributed by atoms with van der Waals surface area (Å²) in [7, 11) is 1.42. The normalized spacial score (nSPS) is 17.0. The zero-order valence-corrected chi connectivity index (χ0v) is 19.2. The summed E-state index contributed by atoms with van der Waals surface area (Å²) in [5.74, 6) is -1.29. The zero-order valence-electron chi connectivity index (χ0n) is 18.4. The van der Waals surface area contributed by atoms with Gasteiger partial charge >= 0.3 is 18.0 Å². The molecule has 0 radical (unpaired) electrons. The highest BCUT2D eigenvalue weighted by atomic mass is 32.2. The monoisotopic (exact) mass is 478 g/mol. The maximum Gasteiger partial charge on any atom is 0.410 e. The molecule has 2 amide bonds. The molecule has 2 unspecified atom stereocenters. The van der Waals surface area contributed by atoms with E-state index >= 15 is 0 Å². The molecule has 1 saturated heterocycles. The zero-order chi connectivity index (χ0) is 24.4. The number of nitrogens with zero attached hydrogens (tertiary/aromatic N) is 1. The Morgan fingerprint density at radius 3 is 2.52 bits per heavy atom. The van der Waals surface area contributed by atoms with Gasteiger partial charge in [-0.3, -0.25) is 14.5 Å². The number of hydrogen-bond acceptors (Lipinski definition) is 9. The standard InChI is InChI=1S/C22H26N2O8S/c1-5-9-30-21(27)15-7-8-19(29-4)17(11-15)23-20(26)18-12-16(33-32-14(3)25)13-24(18)22(28)31-10-6-2/h5-8,11,16,18H,1-2,9-10,12-13H2,3-4H3,(H,23,26). The van der Waals surface area contributed by atoms with Crippen LogP contribution < -0.4 is 10.1 Å². The highest BCUT2D eigenvalue weighted by Crippen LogP contribution is 2.31. The first kappa shape index (κ1) is 25.8. The van der Waals surface area contributed by atoms with Crippen LogP contribution in [0.5, 0.6) is 5.75 Å². The van der Waals surface area contributed by atoms with Gasteiger partial charge in [-0.15, -0.1) is 0 Å². The number of methoxy groups -OCH3 is 1. The highest BCUT2D eigenvalue weighted by Gasteiger charge is 2.42. The SMILES string of the molecule is C=CCOC(=O)c1ccc(OC)c(NC(=O)C2CC(SOC(C)=O)CN2C(=O)OCC=C)c1. The smallest absolute Gasteiger partial charge is 0.410 e. The van der Waals surface area contributed by atoms with Crippen molar-refractivity contribution in [2.45, 2.75) is 24.6 Å². The molecule has 11 heteroatoms. The number of amides is 2. The van der Waals surface area contributed by atoms with E-state index in [0.717, 1.165) is 12.0 Å². The predicted octanol–water partition coefficient (Wildman–Crippen LogP) is 2.95. The summed E-state index contributed by atoms with van der Waals surface area (Å²) in [4.78, 5) is 50.2. The molecular formula is C22H26N2O8S. The van der Waals surface area contributed by atoms with Crippen molar-refractivity contribution >= 4 is 41.7 Å². The molecule has 1 heterocycles. The molecule has 10 nitrogen and oxygen atoms in total. The largest absolute Gasteiger partial charge is 0.495 e. The number of carbonyl (C=O) groups is 4. The number of anilines is 1. The lowest BCUT2D eigenvalue weighted by atomic mass is 10.1. The predicted molar refractivity (Wildman–Crippen MR) is 122 cm³/mol. The number of nitrogens with one attached hydrogen (secondary N) is 1. The van der Waals surface area contributed by atoms with Crippen LogP contribution >= 0.6 is 12.0 Å². The van der Waals surface area contributed by atoms with E-state index < -0.39 is 30.0 Å². The quantitative estimate of drug-likeness (QED) is 0.307. The van der Waals surface area contributed by atoms with Gasteiger partial charge in [-0.25, -0.2) is 9.59 Å². The summed E-state index contributed by atoms with van der Waals surface area (Å²) in [5, 5.41) is 2.37. The topological polar surface area (TPSA) is 120 Å². The lowest BCUT2D eigenvalue weighted by Crippen LogP contribution is -2.43. The van der Waals surface area contributed by atoms with Gasteiger partial charge in [-0.05, 0) is 24.6 Å². The van der Waals surface area contributed by atoms with Crippen molar-refractivity contribution in [1.29, 1.82) is 0 Å². The van der Waals surface area contributed by atoms with E-state index in [0.29, 0.717) is 5.75 Å². The molecule has 0 spiro atoms. The molecule has 0 aliphatic carbocycles. The van der Waals surface area contributed by atoms with Crippen molar-refractivity contribution in [2.24, 2.45) is 0 Å². The lowest BCUT2D eigenvalue weighted by Gasteiger charge is -2.23. The Balaban J connectivity index is 2.22. The number of carbonyl (C=O) groups excluding carboxylic acids is 4. The summed E-state index contributed by atoms with van der Waals surface area (Å²) >= 11 is 0.893. The molecule has 178 valence electrons. The molecule has 2 atom stereocenters. The molecule has 1 N–H and O–H groups in total. The van der Waals surface area contributed by atoms with Gasteiger partial charge in [0.1, 0.15) is 25.0 Å². The molecule has 1 aromatic rings. The maximum atomic E-state index is 13.1. The summed E-state index contributed by atoms with van der Waals surface area (Å²) in [6, 6.07) is 3.53. The van der Waals surface area contributed by atoms with Gasteiger partial charge in [0.25, 0.3) is 0 Å². The Labute approximate surface area is 196 Å². The van der Waals surface area contributed by atoms with Gasteiger partial charge in [0.2, 0.25) is 5.91 Å². The fraction of sp³-hybridized carbons (Fsp3) is 0.364. The van der Waals surface area contributed by atoms with Gasteiger partial charge in [0, 0.05) is 13.5 Å². The van der Waals surface area contributed by atoms with Crippen molar-refractivity contribution in [2.75, 3.05) is 32.2 Å². The molecule has 1 aromatic carbocycles. The molecule has 0 saturated carbocycles. The van der Waals surface area contributed by atoms with Crippen LogP contribution in [0.15, 0.2) is 43.5 Å². The first-order valence-corrected chi connectivity index (χ1v) is 10.8. The van der Waals surface area contributed by atoms with Crippen LogP contribution in [0.25, 0.3) is 0 Å². The van der Waals surface area contributed by atoms with Crippen LogP contribution in [-0.2, 0) is 23.2 Å². The second-order valence-electron chi connectivity index (χ2n) is 6.85. The fourth-order valence-electron chi connectivity index (χ4n) is 3.03. The van der Waals surface area contributed by atoms with E-state index in [2.05, 4.69) is 18.5 Å². The highest BCUT2D eigenvalue weighted by molar-refractivity contribution is 7.95. The van der Waals surface area contributed by atoms with Crippen molar-refractivity contribution in [3.63, 3.8) is 0 Å². The van der Waals surface area contributed by atoms with Gasteiger partial charge in [-0.2, -0.15) is 0 Å². The Kier molecular flexibility index (Phi) is 9.80. The molecule has 1 fully saturated rings. The number of benzene rings is 1. The average molecular weight is 479 g/mol.